The zero-order valence-corrected chi connectivity index (χ0v) is 18.2. The van der Waals surface area contributed by atoms with Crippen molar-refractivity contribution in [3.8, 4) is 0 Å². The average molecular weight is 397 g/mol. The number of fused-ring (bicyclic) bond motifs is 1. The Balaban J connectivity index is 1.36. The van der Waals surface area contributed by atoms with Crippen molar-refractivity contribution in [2.75, 3.05) is 20.1 Å². The molecule has 2 aromatic rings. The van der Waals surface area contributed by atoms with E-state index in [2.05, 4.69) is 68.5 Å². The highest BCUT2D eigenvalue weighted by Gasteiger charge is 2.14. The Morgan fingerprint density at radius 1 is 1.03 bits per heavy atom. The minimum atomic E-state index is 0.591. The lowest BCUT2D eigenvalue weighted by Crippen LogP contribution is -2.39. The predicted octanol–water partition coefficient (Wildman–Crippen LogP) is 3.47. The first kappa shape index (κ1) is 21.3. The zero-order valence-electron chi connectivity index (χ0n) is 18.2. The summed E-state index contributed by atoms with van der Waals surface area (Å²) < 4.78 is 2.31. The molecule has 0 saturated carbocycles. The molecule has 2 heterocycles. The van der Waals surface area contributed by atoms with Crippen molar-refractivity contribution < 1.29 is 0 Å². The van der Waals surface area contributed by atoms with Gasteiger partial charge >= 0.3 is 0 Å². The molecule has 1 aliphatic heterocycles. The SMILES string of the molecule is CN=C(NCCCc1ccc(C(C)C)cc1)NCCc1nnc2n1CCCCC2. The number of aromatic nitrogens is 3. The summed E-state index contributed by atoms with van der Waals surface area (Å²) in [7, 11) is 1.82. The molecule has 2 N–H and O–H groups in total. The highest BCUT2D eigenvalue weighted by molar-refractivity contribution is 5.79. The molecule has 0 fully saturated rings. The first-order valence-corrected chi connectivity index (χ1v) is 11.1. The van der Waals surface area contributed by atoms with E-state index in [4.69, 9.17) is 0 Å². The molecule has 1 aromatic heterocycles. The number of aryl methyl sites for hydroxylation is 2. The molecule has 0 atom stereocenters. The summed E-state index contributed by atoms with van der Waals surface area (Å²) in [6.45, 7) is 7.25. The molecule has 0 aliphatic carbocycles. The minimum absolute atomic E-state index is 0.591. The van der Waals surface area contributed by atoms with E-state index in [1.54, 1.807) is 0 Å². The topological polar surface area (TPSA) is 67.1 Å². The van der Waals surface area contributed by atoms with Gasteiger partial charge in [-0.3, -0.25) is 4.99 Å². The van der Waals surface area contributed by atoms with Gasteiger partial charge in [0, 0.05) is 39.5 Å². The molecule has 158 valence electrons. The fraction of sp³-hybridized carbons (Fsp3) is 0.609. The van der Waals surface area contributed by atoms with Crippen LogP contribution in [-0.2, 0) is 25.8 Å². The van der Waals surface area contributed by atoms with Crippen molar-refractivity contribution in [1.29, 1.82) is 0 Å². The standard InChI is InChI=1S/C23H36N6/c1-18(2)20-12-10-19(11-13-20)8-7-15-25-23(24-3)26-16-14-22-28-27-21-9-5-4-6-17-29(21)22/h10-13,18H,4-9,14-17H2,1-3H3,(H2,24,25,26). The van der Waals surface area contributed by atoms with Crippen molar-refractivity contribution in [2.24, 2.45) is 4.99 Å². The first-order chi connectivity index (χ1) is 14.2. The van der Waals surface area contributed by atoms with Crippen molar-refractivity contribution >= 4 is 5.96 Å². The molecule has 1 aromatic carbocycles. The van der Waals surface area contributed by atoms with Crippen LogP contribution in [0.4, 0.5) is 0 Å². The summed E-state index contributed by atoms with van der Waals surface area (Å²) in [5.41, 5.74) is 2.80. The molecule has 0 amide bonds. The molecular formula is C23H36N6. The fourth-order valence-electron chi connectivity index (χ4n) is 3.81. The molecule has 0 spiro atoms. The highest BCUT2D eigenvalue weighted by Crippen LogP contribution is 2.16. The van der Waals surface area contributed by atoms with Crippen LogP contribution in [0.5, 0.6) is 0 Å². The van der Waals surface area contributed by atoms with E-state index in [1.165, 1.54) is 30.4 Å². The van der Waals surface area contributed by atoms with E-state index < -0.39 is 0 Å². The maximum Gasteiger partial charge on any atom is 0.190 e. The lowest BCUT2D eigenvalue weighted by molar-refractivity contribution is 0.600. The van der Waals surface area contributed by atoms with Gasteiger partial charge in [0.1, 0.15) is 11.6 Å². The normalized spacial score (nSPS) is 14.6. The van der Waals surface area contributed by atoms with Gasteiger partial charge in [0.25, 0.3) is 0 Å². The number of rotatable bonds is 8. The second-order valence-electron chi connectivity index (χ2n) is 8.17. The molecule has 1 aliphatic rings. The van der Waals surface area contributed by atoms with E-state index in [0.29, 0.717) is 5.92 Å². The van der Waals surface area contributed by atoms with Gasteiger partial charge < -0.3 is 15.2 Å². The summed E-state index contributed by atoms with van der Waals surface area (Å²) in [4.78, 5) is 4.34. The Morgan fingerprint density at radius 3 is 2.59 bits per heavy atom. The van der Waals surface area contributed by atoms with Gasteiger partial charge in [-0.05, 0) is 42.7 Å². The monoisotopic (exact) mass is 396 g/mol. The minimum Gasteiger partial charge on any atom is -0.356 e. The number of benzene rings is 1. The van der Waals surface area contributed by atoms with Crippen LogP contribution in [0.2, 0.25) is 0 Å². The third kappa shape index (κ3) is 6.31. The maximum atomic E-state index is 4.40. The van der Waals surface area contributed by atoms with Crippen molar-refractivity contribution in [1.82, 2.24) is 25.4 Å². The summed E-state index contributed by atoms with van der Waals surface area (Å²) in [6, 6.07) is 9.01. The third-order valence-electron chi connectivity index (χ3n) is 5.63. The predicted molar refractivity (Wildman–Crippen MR) is 119 cm³/mol. The van der Waals surface area contributed by atoms with Crippen molar-refractivity contribution in [3.05, 3.63) is 47.0 Å². The van der Waals surface area contributed by atoms with Crippen LogP contribution < -0.4 is 10.6 Å². The average Bonchev–Trinajstić information content (AvgIpc) is 2.96. The van der Waals surface area contributed by atoms with Crippen LogP contribution in [-0.4, -0.2) is 40.9 Å². The van der Waals surface area contributed by atoms with E-state index >= 15 is 0 Å². The second kappa shape index (κ2) is 11.0. The quantitative estimate of drug-likeness (QED) is 0.407. The Morgan fingerprint density at radius 2 is 1.83 bits per heavy atom. The van der Waals surface area contributed by atoms with Crippen molar-refractivity contribution in [2.45, 2.75) is 71.3 Å². The summed E-state index contributed by atoms with van der Waals surface area (Å²) in [5, 5.41) is 15.6. The van der Waals surface area contributed by atoms with Gasteiger partial charge in [-0.15, -0.1) is 10.2 Å². The van der Waals surface area contributed by atoms with Crippen LogP contribution in [0.15, 0.2) is 29.3 Å². The van der Waals surface area contributed by atoms with Crippen LogP contribution in [0.3, 0.4) is 0 Å². The fourth-order valence-corrected chi connectivity index (χ4v) is 3.81. The van der Waals surface area contributed by atoms with Crippen molar-refractivity contribution in [3.63, 3.8) is 0 Å². The third-order valence-corrected chi connectivity index (χ3v) is 5.63. The van der Waals surface area contributed by atoms with Crippen LogP contribution in [0.25, 0.3) is 0 Å². The first-order valence-electron chi connectivity index (χ1n) is 11.1. The van der Waals surface area contributed by atoms with Gasteiger partial charge in [-0.1, -0.05) is 44.5 Å². The number of nitrogens with one attached hydrogen (secondary N) is 2. The Hall–Kier alpha value is -2.37. The highest BCUT2D eigenvalue weighted by atomic mass is 15.3. The smallest absolute Gasteiger partial charge is 0.190 e. The van der Waals surface area contributed by atoms with Gasteiger partial charge in [0.2, 0.25) is 0 Å². The van der Waals surface area contributed by atoms with E-state index in [9.17, 15) is 0 Å². The lowest BCUT2D eigenvalue weighted by atomic mass is 10.0. The molecule has 0 bridgehead atoms. The number of guanidine groups is 1. The zero-order chi connectivity index (χ0) is 20.5. The largest absolute Gasteiger partial charge is 0.356 e. The molecule has 3 rings (SSSR count). The molecule has 0 saturated heterocycles. The van der Waals surface area contributed by atoms with Crippen LogP contribution >= 0.6 is 0 Å². The molecule has 29 heavy (non-hydrogen) atoms. The molecule has 0 unspecified atom stereocenters. The van der Waals surface area contributed by atoms with Gasteiger partial charge in [-0.2, -0.15) is 0 Å². The summed E-state index contributed by atoms with van der Waals surface area (Å²) in [6.07, 6.45) is 7.84. The Kier molecular flexibility index (Phi) is 8.08. The molecule has 0 radical (unpaired) electrons. The van der Waals surface area contributed by atoms with E-state index in [-0.39, 0.29) is 0 Å². The number of hydrogen-bond acceptors (Lipinski definition) is 3. The number of hydrogen-bond donors (Lipinski definition) is 2. The summed E-state index contributed by atoms with van der Waals surface area (Å²) in [5.74, 6) is 3.69. The van der Waals surface area contributed by atoms with E-state index in [1.807, 2.05) is 7.05 Å². The molecule has 6 heteroatoms. The Labute approximate surface area is 175 Å². The van der Waals surface area contributed by atoms with E-state index in [0.717, 1.165) is 62.9 Å². The Bertz CT molecular complexity index is 775. The second-order valence-corrected chi connectivity index (χ2v) is 8.17. The maximum absolute atomic E-state index is 4.40. The van der Waals surface area contributed by atoms with Gasteiger partial charge in [0.05, 0.1) is 0 Å². The molecule has 6 nitrogen and oxygen atoms in total. The van der Waals surface area contributed by atoms with Gasteiger partial charge in [0.15, 0.2) is 5.96 Å². The number of nitrogens with zero attached hydrogens (tertiary/aromatic N) is 4. The molecular weight excluding hydrogens is 360 g/mol. The number of aliphatic imine (C=N–C) groups is 1. The lowest BCUT2D eigenvalue weighted by Gasteiger charge is -2.12. The van der Waals surface area contributed by atoms with Crippen LogP contribution in [0, 0.1) is 0 Å². The van der Waals surface area contributed by atoms with Gasteiger partial charge in [-0.25, -0.2) is 0 Å². The summed E-state index contributed by atoms with van der Waals surface area (Å²) >= 11 is 0. The van der Waals surface area contributed by atoms with Crippen LogP contribution in [0.1, 0.15) is 68.2 Å².